The van der Waals surface area contributed by atoms with Crippen LogP contribution in [0.1, 0.15) is 15.9 Å². The fourth-order valence-electron chi connectivity index (χ4n) is 1.34. The van der Waals surface area contributed by atoms with Crippen molar-refractivity contribution in [3.8, 4) is 0 Å². The van der Waals surface area contributed by atoms with E-state index in [1.165, 1.54) is 6.20 Å². The van der Waals surface area contributed by atoms with E-state index >= 15 is 0 Å². The van der Waals surface area contributed by atoms with Crippen LogP contribution < -0.4 is 0 Å². The highest BCUT2D eigenvalue weighted by Gasteiger charge is 2.13. The summed E-state index contributed by atoms with van der Waals surface area (Å²) in [5, 5.41) is 4.41. The number of aryl methyl sites for hydroxylation is 1. The van der Waals surface area contributed by atoms with Crippen LogP contribution in [0, 0.1) is 0 Å². The number of aromatic nitrogens is 2. The van der Waals surface area contributed by atoms with E-state index in [-0.39, 0.29) is 5.78 Å². The predicted molar refractivity (Wildman–Crippen MR) is 58.1 cm³/mol. The van der Waals surface area contributed by atoms with Crippen LogP contribution in [0.3, 0.4) is 0 Å². The first-order chi connectivity index (χ1) is 7.18. The Morgan fingerprint density at radius 1 is 1.40 bits per heavy atom. The van der Waals surface area contributed by atoms with Gasteiger partial charge in [-0.05, 0) is 12.1 Å². The Kier molecular flexibility index (Phi) is 2.56. The zero-order valence-electron chi connectivity index (χ0n) is 8.14. The predicted octanol–water partition coefficient (Wildman–Crippen LogP) is 2.30. The first-order valence-electron chi connectivity index (χ1n) is 4.46. The third-order valence-corrected chi connectivity index (χ3v) is 2.42. The Bertz CT molecular complexity index is 505. The Morgan fingerprint density at radius 3 is 2.73 bits per heavy atom. The van der Waals surface area contributed by atoms with Gasteiger partial charge in [0.15, 0.2) is 5.78 Å². The molecule has 0 amide bonds. The van der Waals surface area contributed by atoms with Crippen molar-refractivity contribution in [3.05, 3.63) is 52.8 Å². The van der Waals surface area contributed by atoms with Crippen molar-refractivity contribution in [3.63, 3.8) is 0 Å². The molecule has 2 aromatic rings. The Morgan fingerprint density at radius 2 is 2.13 bits per heavy atom. The third-order valence-electron chi connectivity index (χ3n) is 2.09. The molecule has 1 aromatic heterocycles. The van der Waals surface area contributed by atoms with E-state index in [4.69, 9.17) is 11.6 Å². The number of nitrogens with zero attached hydrogens (tertiary/aromatic N) is 2. The summed E-state index contributed by atoms with van der Waals surface area (Å²) in [6.45, 7) is 0. The molecular formula is C11H9ClN2O. The molecule has 0 N–H and O–H groups in total. The van der Waals surface area contributed by atoms with Crippen molar-refractivity contribution >= 4 is 17.4 Å². The van der Waals surface area contributed by atoms with Crippen molar-refractivity contribution in [2.75, 3.05) is 0 Å². The van der Waals surface area contributed by atoms with Crippen molar-refractivity contribution in [2.24, 2.45) is 7.05 Å². The SMILES string of the molecule is Cn1cc(C(=O)c2ccccc2Cl)cn1. The lowest BCUT2D eigenvalue weighted by Gasteiger charge is -1.99. The van der Waals surface area contributed by atoms with Crippen LogP contribution in [0.5, 0.6) is 0 Å². The number of halogens is 1. The molecule has 4 heteroatoms. The summed E-state index contributed by atoms with van der Waals surface area (Å²) in [6, 6.07) is 6.99. The van der Waals surface area contributed by atoms with Gasteiger partial charge in [0.2, 0.25) is 0 Å². The van der Waals surface area contributed by atoms with Crippen LogP contribution in [0.4, 0.5) is 0 Å². The van der Waals surface area contributed by atoms with Crippen LogP contribution in [-0.4, -0.2) is 15.6 Å². The van der Waals surface area contributed by atoms with Gasteiger partial charge >= 0.3 is 0 Å². The quantitative estimate of drug-likeness (QED) is 0.728. The molecule has 0 unspecified atom stereocenters. The zero-order valence-corrected chi connectivity index (χ0v) is 8.90. The molecule has 0 bridgehead atoms. The second-order valence-corrected chi connectivity index (χ2v) is 3.62. The lowest BCUT2D eigenvalue weighted by molar-refractivity contribution is 0.103. The maximum atomic E-state index is 11.9. The zero-order chi connectivity index (χ0) is 10.8. The number of carbonyl (C=O) groups is 1. The molecule has 1 heterocycles. The van der Waals surface area contributed by atoms with Crippen LogP contribution in [0.25, 0.3) is 0 Å². The number of rotatable bonds is 2. The molecule has 0 atom stereocenters. The molecule has 0 radical (unpaired) electrons. The minimum atomic E-state index is -0.103. The molecule has 2 rings (SSSR count). The average molecular weight is 221 g/mol. The summed E-state index contributed by atoms with van der Waals surface area (Å²) < 4.78 is 1.59. The van der Waals surface area contributed by atoms with Crippen LogP contribution >= 0.6 is 11.6 Å². The van der Waals surface area contributed by atoms with E-state index in [0.717, 1.165) is 0 Å². The largest absolute Gasteiger partial charge is 0.288 e. The molecular weight excluding hydrogens is 212 g/mol. The molecule has 0 aliphatic rings. The molecule has 15 heavy (non-hydrogen) atoms. The van der Waals surface area contributed by atoms with Crippen molar-refractivity contribution in [2.45, 2.75) is 0 Å². The van der Waals surface area contributed by atoms with Crippen molar-refractivity contribution in [1.29, 1.82) is 0 Å². The highest BCUT2D eigenvalue weighted by Crippen LogP contribution is 2.18. The monoisotopic (exact) mass is 220 g/mol. The molecule has 76 valence electrons. The van der Waals surface area contributed by atoms with Gasteiger partial charge in [0.05, 0.1) is 16.8 Å². The maximum absolute atomic E-state index is 11.9. The molecule has 0 spiro atoms. The summed E-state index contributed by atoms with van der Waals surface area (Å²) in [6.07, 6.45) is 3.21. The van der Waals surface area contributed by atoms with E-state index in [2.05, 4.69) is 5.10 Å². The topological polar surface area (TPSA) is 34.9 Å². The number of benzene rings is 1. The average Bonchev–Trinajstić information content (AvgIpc) is 2.65. The van der Waals surface area contributed by atoms with Crippen molar-refractivity contribution in [1.82, 2.24) is 9.78 Å². The molecule has 3 nitrogen and oxygen atoms in total. The lowest BCUT2D eigenvalue weighted by Crippen LogP contribution is -2.00. The molecule has 0 fully saturated rings. The van der Waals surface area contributed by atoms with Gasteiger partial charge < -0.3 is 0 Å². The summed E-state index contributed by atoms with van der Waals surface area (Å²) in [7, 11) is 1.77. The summed E-state index contributed by atoms with van der Waals surface area (Å²) >= 11 is 5.93. The van der Waals surface area contributed by atoms with Crippen LogP contribution in [0.2, 0.25) is 5.02 Å². The van der Waals surface area contributed by atoms with Gasteiger partial charge in [-0.15, -0.1) is 0 Å². The second kappa shape index (κ2) is 3.87. The minimum Gasteiger partial charge on any atom is -0.288 e. The van der Waals surface area contributed by atoms with E-state index in [1.54, 1.807) is 42.2 Å². The third kappa shape index (κ3) is 1.92. The van der Waals surface area contributed by atoms with Crippen LogP contribution in [-0.2, 0) is 7.05 Å². The molecule has 0 aliphatic heterocycles. The molecule has 1 aromatic carbocycles. The molecule has 0 saturated heterocycles. The number of hydrogen-bond donors (Lipinski definition) is 0. The van der Waals surface area contributed by atoms with Gasteiger partial charge in [0.25, 0.3) is 0 Å². The Balaban J connectivity index is 2.41. The van der Waals surface area contributed by atoms with Gasteiger partial charge in [-0.3, -0.25) is 9.48 Å². The summed E-state index contributed by atoms with van der Waals surface area (Å²) in [4.78, 5) is 11.9. The Labute approximate surface area is 92.3 Å². The van der Waals surface area contributed by atoms with E-state index in [1.807, 2.05) is 0 Å². The number of ketones is 1. The van der Waals surface area contributed by atoms with Gasteiger partial charge in [0, 0.05) is 18.8 Å². The maximum Gasteiger partial charge on any atom is 0.197 e. The normalized spacial score (nSPS) is 10.3. The standard InChI is InChI=1S/C11H9ClN2O/c1-14-7-8(6-13-14)11(15)9-4-2-3-5-10(9)12/h2-7H,1H3. The number of hydrogen-bond acceptors (Lipinski definition) is 2. The second-order valence-electron chi connectivity index (χ2n) is 3.21. The lowest BCUT2D eigenvalue weighted by atomic mass is 10.1. The summed E-state index contributed by atoms with van der Waals surface area (Å²) in [5.74, 6) is -0.103. The highest BCUT2D eigenvalue weighted by atomic mass is 35.5. The van der Waals surface area contributed by atoms with Crippen molar-refractivity contribution < 1.29 is 4.79 Å². The van der Waals surface area contributed by atoms with Gasteiger partial charge in [-0.2, -0.15) is 5.10 Å². The van der Waals surface area contributed by atoms with Crippen LogP contribution in [0.15, 0.2) is 36.7 Å². The van der Waals surface area contributed by atoms with Gasteiger partial charge in [-0.1, -0.05) is 23.7 Å². The minimum absolute atomic E-state index is 0.103. The smallest absolute Gasteiger partial charge is 0.197 e. The summed E-state index contributed by atoms with van der Waals surface area (Å²) in [5.41, 5.74) is 1.05. The first-order valence-corrected chi connectivity index (χ1v) is 4.84. The molecule has 0 saturated carbocycles. The van der Waals surface area contributed by atoms with E-state index in [0.29, 0.717) is 16.1 Å². The van der Waals surface area contributed by atoms with E-state index < -0.39 is 0 Å². The van der Waals surface area contributed by atoms with Gasteiger partial charge in [-0.25, -0.2) is 0 Å². The fraction of sp³-hybridized carbons (Fsp3) is 0.0909. The molecule has 0 aliphatic carbocycles. The fourth-order valence-corrected chi connectivity index (χ4v) is 1.56. The number of carbonyl (C=O) groups excluding carboxylic acids is 1. The Hall–Kier alpha value is -1.61. The highest BCUT2D eigenvalue weighted by molar-refractivity contribution is 6.34. The van der Waals surface area contributed by atoms with E-state index in [9.17, 15) is 4.79 Å². The first kappa shape index (κ1) is 9.93. The van der Waals surface area contributed by atoms with Gasteiger partial charge in [0.1, 0.15) is 0 Å².